The van der Waals surface area contributed by atoms with E-state index in [4.69, 9.17) is 0 Å². The SMILES string of the molecule is C=CCN1CC(=O)N2[C@@H](Cc3ccc(O)cc3)C(=O)N(Cc3cccc4c(C(=O)N(C)Cc5ccc(N(C)C)cc5)cn(C)c34)C[C@@H]2N1C(=O)NCc1ccccc1. The van der Waals surface area contributed by atoms with E-state index in [1.807, 2.05) is 110 Å². The second-order valence-corrected chi connectivity index (χ2v) is 15.2. The Morgan fingerprint density at radius 3 is 2.29 bits per heavy atom. The first-order valence-electron chi connectivity index (χ1n) is 19.4. The third-order valence-corrected chi connectivity index (χ3v) is 10.9. The lowest BCUT2D eigenvalue weighted by Crippen LogP contribution is -2.76. The number of aryl methyl sites for hydroxylation is 1. The van der Waals surface area contributed by atoms with Gasteiger partial charge in [-0.15, -0.1) is 6.58 Å². The summed E-state index contributed by atoms with van der Waals surface area (Å²) in [4.78, 5) is 64.0. The number of anilines is 1. The number of aromatic hydroxyl groups is 1. The molecule has 5 aromatic rings. The van der Waals surface area contributed by atoms with Crippen LogP contribution < -0.4 is 10.2 Å². The van der Waals surface area contributed by atoms with Crippen LogP contribution >= 0.6 is 0 Å². The number of carbonyl (C=O) groups excluding carboxylic acids is 4. The van der Waals surface area contributed by atoms with Crippen molar-refractivity contribution in [2.75, 3.05) is 45.7 Å². The second kappa shape index (κ2) is 16.9. The third-order valence-electron chi connectivity index (χ3n) is 10.9. The van der Waals surface area contributed by atoms with Crippen molar-refractivity contribution >= 4 is 40.3 Å². The number of amides is 5. The van der Waals surface area contributed by atoms with Gasteiger partial charge in [0, 0.05) is 78.1 Å². The Hall–Kier alpha value is -6.60. The molecule has 0 spiro atoms. The Kier molecular flexibility index (Phi) is 11.5. The molecule has 4 aromatic carbocycles. The highest BCUT2D eigenvalue weighted by Gasteiger charge is 2.51. The van der Waals surface area contributed by atoms with Gasteiger partial charge in [0.05, 0.1) is 24.2 Å². The highest BCUT2D eigenvalue weighted by atomic mass is 16.3. The second-order valence-electron chi connectivity index (χ2n) is 15.2. The van der Waals surface area contributed by atoms with Gasteiger partial charge in [-0.05, 0) is 46.5 Å². The molecule has 2 N–H and O–H groups in total. The van der Waals surface area contributed by atoms with Crippen molar-refractivity contribution in [3.05, 3.63) is 144 Å². The van der Waals surface area contributed by atoms with Crippen LogP contribution in [0.3, 0.4) is 0 Å². The molecule has 13 heteroatoms. The van der Waals surface area contributed by atoms with Gasteiger partial charge in [-0.3, -0.25) is 14.4 Å². The van der Waals surface area contributed by atoms with Gasteiger partial charge in [0.1, 0.15) is 18.0 Å². The number of urea groups is 1. The number of hydrogen-bond acceptors (Lipinski definition) is 7. The van der Waals surface area contributed by atoms with E-state index in [1.165, 1.54) is 0 Å². The molecule has 0 saturated carbocycles. The summed E-state index contributed by atoms with van der Waals surface area (Å²) in [5.74, 6) is -0.576. The number of phenols is 1. The summed E-state index contributed by atoms with van der Waals surface area (Å²) in [5.41, 5.74) is 5.93. The number of hydrogen-bond donors (Lipinski definition) is 2. The zero-order valence-electron chi connectivity index (χ0n) is 33.4. The number of benzene rings is 4. The Balaban J connectivity index is 1.21. The molecule has 0 radical (unpaired) electrons. The Labute approximate surface area is 338 Å². The van der Waals surface area contributed by atoms with E-state index in [9.17, 15) is 24.3 Å². The first-order valence-corrected chi connectivity index (χ1v) is 19.4. The molecule has 0 bridgehead atoms. The van der Waals surface area contributed by atoms with Gasteiger partial charge < -0.3 is 34.6 Å². The average Bonchev–Trinajstić information content (AvgIpc) is 3.56. The summed E-state index contributed by atoms with van der Waals surface area (Å²) in [7, 11) is 7.66. The van der Waals surface area contributed by atoms with Crippen molar-refractivity contribution in [3.8, 4) is 5.75 Å². The third kappa shape index (κ3) is 8.12. The van der Waals surface area contributed by atoms with Crippen LogP contribution in [0, 0.1) is 0 Å². The smallest absolute Gasteiger partial charge is 0.334 e. The van der Waals surface area contributed by atoms with E-state index in [2.05, 4.69) is 11.9 Å². The van der Waals surface area contributed by atoms with Crippen LogP contribution in [-0.4, -0.2) is 111 Å². The molecule has 2 fully saturated rings. The van der Waals surface area contributed by atoms with Crippen molar-refractivity contribution in [2.24, 2.45) is 7.05 Å². The topological polar surface area (TPSA) is 125 Å². The quantitative estimate of drug-likeness (QED) is 0.172. The summed E-state index contributed by atoms with van der Waals surface area (Å²) < 4.78 is 1.92. The summed E-state index contributed by atoms with van der Waals surface area (Å²) in [5, 5.41) is 17.0. The predicted octanol–water partition coefficient (Wildman–Crippen LogP) is 4.96. The number of nitrogens with one attached hydrogen (secondary N) is 1. The lowest BCUT2D eigenvalue weighted by molar-refractivity contribution is -0.189. The molecule has 58 heavy (non-hydrogen) atoms. The van der Waals surface area contributed by atoms with Gasteiger partial charge >= 0.3 is 6.03 Å². The fourth-order valence-corrected chi connectivity index (χ4v) is 8.06. The summed E-state index contributed by atoms with van der Waals surface area (Å²) in [6.07, 6.45) is 2.83. The Morgan fingerprint density at radius 2 is 1.60 bits per heavy atom. The zero-order chi connectivity index (χ0) is 41.1. The number of carbonyl (C=O) groups is 4. The van der Waals surface area contributed by atoms with Crippen molar-refractivity contribution in [1.82, 2.24) is 34.6 Å². The first kappa shape index (κ1) is 39.6. The van der Waals surface area contributed by atoms with Crippen LogP contribution in [0.5, 0.6) is 5.75 Å². The van der Waals surface area contributed by atoms with Crippen molar-refractivity contribution in [2.45, 2.75) is 38.3 Å². The molecule has 0 aliphatic carbocycles. The normalized spacial score (nSPS) is 17.0. The number of rotatable bonds is 12. The fourth-order valence-electron chi connectivity index (χ4n) is 8.06. The molecule has 2 atom stereocenters. The number of piperazine rings is 1. The standard InChI is InChI=1S/C45H50N8O5/c1-6-23-51-30-41(55)52-39(24-31-17-21-36(54)22-18-31)44(57)50(29-40(52)53(51)45(58)46-25-32-11-8-7-9-12-32)27-34-13-10-14-37-38(28-48(4)42(34)37)43(56)49(5)26-33-15-19-35(20-16-33)47(2)3/h6-22,28,39-40,54H,1,23-27,29-30H2,2-5H3,(H,46,58)/t39-,40-/m0/s1. The van der Waals surface area contributed by atoms with Gasteiger partial charge in [0.15, 0.2) is 0 Å². The zero-order valence-corrected chi connectivity index (χ0v) is 33.4. The Bertz CT molecular complexity index is 2310. The molecule has 2 saturated heterocycles. The largest absolute Gasteiger partial charge is 0.508 e. The number of hydrazine groups is 1. The van der Waals surface area contributed by atoms with E-state index in [-0.39, 0.29) is 62.6 Å². The lowest BCUT2D eigenvalue weighted by Gasteiger charge is -2.55. The lowest BCUT2D eigenvalue weighted by atomic mass is 9.98. The van der Waals surface area contributed by atoms with Gasteiger partial charge in [0.2, 0.25) is 11.8 Å². The van der Waals surface area contributed by atoms with Gasteiger partial charge in [-0.1, -0.05) is 78.9 Å². The molecule has 0 unspecified atom stereocenters. The maximum Gasteiger partial charge on any atom is 0.334 e. The van der Waals surface area contributed by atoms with Gasteiger partial charge in [-0.2, -0.15) is 0 Å². The molecular weight excluding hydrogens is 733 g/mol. The minimum absolute atomic E-state index is 0.0466. The predicted molar refractivity (Wildman–Crippen MR) is 223 cm³/mol. The molecule has 13 nitrogen and oxygen atoms in total. The van der Waals surface area contributed by atoms with Crippen molar-refractivity contribution < 1.29 is 24.3 Å². The van der Waals surface area contributed by atoms with Crippen LogP contribution in [0.2, 0.25) is 0 Å². The summed E-state index contributed by atoms with van der Waals surface area (Å²) in [6.45, 7) is 4.92. The highest BCUT2D eigenvalue weighted by Crippen LogP contribution is 2.32. The van der Waals surface area contributed by atoms with E-state index < -0.39 is 18.2 Å². The number of phenolic OH excluding ortho intramolecular Hbond substituents is 1. The summed E-state index contributed by atoms with van der Waals surface area (Å²) in [6, 6.07) is 28.7. The van der Waals surface area contributed by atoms with Gasteiger partial charge in [-0.25, -0.2) is 14.8 Å². The van der Waals surface area contributed by atoms with E-state index >= 15 is 0 Å². The molecule has 1 aromatic heterocycles. The number of aromatic nitrogens is 1. The molecular formula is C45H50N8O5. The molecule has 2 aliphatic rings. The monoisotopic (exact) mass is 782 g/mol. The van der Waals surface area contributed by atoms with Crippen LogP contribution in [0.1, 0.15) is 32.6 Å². The van der Waals surface area contributed by atoms with E-state index in [0.29, 0.717) is 12.1 Å². The van der Waals surface area contributed by atoms with Crippen molar-refractivity contribution in [1.29, 1.82) is 0 Å². The van der Waals surface area contributed by atoms with Crippen LogP contribution in [0.15, 0.2) is 116 Å². The molecule has 300 valence electrons. The highest BCUT2D eigenvalue weighted by molar-refractivity contribution is 6.07. The minimum atomic E-state index is -0.934. The van der Waals surface area contributed by atoms with E-state index in [1.54, 1.807) is 62.1 Å². The maximum atomic E-state index is 14.7. The minimum Gasteiger partial charge on any atom is -0.508 e. The Morgan fingerprint density at radius 1 is 0.897 bits per heavy atom. The fraction of sp³-hybridized carbons (Fsp3) is 0.289. The van der Waals surface area contributed by atoms with Crippen LogP contribution in [0.25, 0.3) is 10.9 Å². The van der Waals surface area contributed by atoms with E-state index in [0.717, 1.165) is 38.8 Å². The van der Waals surface area contributed by atoms with Crippen LogP contribution in [0.4, 0.5) is 10.5 Å². The van der Waals surface area contributed by atoms with Crippen LogP contribution in [-0.2, 0) is 42.7 Å². The number of fused-ring (bicyclic) bond motifs is 2. The molecule has 2 aliphatic heterocycles. The first-order chi connectivity index (χ1) is 27.9. The summed E-state index contributed by atoms with van der Waals surface area (Å²) >= 11 is 0. The number of para-hydroxylation sites is 1. The molecule has 7 rings (SSSR count). The van der Waals surface area contributed by atoms with Gasteiger partial charge in [0.25, 0.3) is 5.91 Å². The van der Waals surface area contributed by atoms with Crippen molar-refractivity contribution in [3.63, 3.8) is 0 Å². The maximum absolute atomic E-state index is 14.7. The number of nitrogens with zero attached hydrogens (tertiary/aromatic N) is 7. The average molecular weight is 783 g/mol. The molecule has 5 amide bonds. The molecule has 3 heterocycles.